The molecule has 0 aliphatic heterocycles. The van der Waals surface area contributed by atoms with E-state index >= 15 is 0 Å². The number of methoxy groups -OCH3 is 1. The van der Waals surface area contributed by atoms with Gasteiger partial charge < -0.3 is 14.4 Å². The minimum atomic E-state index is -0.295. The van der Waals surface area contributed by atoms with E-state index in [2.05, 4.69) is 4.74 Å². The van der Waals surface area contributed by atoms with Gasteiger partial charge in [-0.05, 0) is 13.8 Å². The van der Waals surface area contributed by atoms with E-state index in [9.17, 15) is 9.59 Å². The number of carbonyl (C=O) groups excluding carboxylic acids is 2. The summed E-state index contributed by atoms with van der Waals surface area (Å²) in [5.74, 6) is -0.282. The third kappa shape index (κ3) is 6.40. The van der Waals surface area contributed by atoms with E-state index < -0.39 is 0 Å². The number of hydrogen-bond donors (Lipinski definition) is 0. The Morgan fingerprint density at radius 2 is 1.88 bits per heavy atom. The van der Waals surface area contributed by atoms with E-state index in [0.717, 1.165) is 0 Å². The maximum atomic E-state index is 11.6. The fourth-order valence-electron chi connectivity index (χ4n) is 1.25. The van der Waals surface area contributed by atoms with E-state index in [1.165, 1.54) is 7.11 Å². The van der Waals surface area contributed by atoms with Crippen molar-refractivity contribution in [1.29, 1.82) is 0 Å². The number of amides is 1. The van der Waals surface area contributed by atoms with Crippen molar-refractivity contribution >= 4 is 11.9 Å². The fourth-order valence-corrected chi connectivity index (χ4v) is 1.25. The smallest absolute Gasteiger partial charge is 0.307 e. The van der Waals surface area contributed by atoms with E-state index in [-0.39, 0.29) is 18.3 Å². The fraction of sp³-hybridized carbons (Fsp3) is 0.818. The molecule has 0 aromatic heterocycles. The van der Waals surface area contributed by atoms with Gasteiger partial charge in [-0.25, -0.2) is 0 Å². The summed E-state index contributed by atoms with van der Waals surface area (Å²) >= 11 is 0. The molecule has 5 heteroatoms. The van der Waals surface area contributed by atoms with Crippen LogP contribution in [0.3, 0.4) is 0 Å². The summed E-state index contributed by atoms with van der Waals surface area (Å²) in [6.45, 7) is 5.83. The third-order valence-corrected chi connectivity index (χ3v) is 2.21. The highest BCUT2D eigenvalue weighted by Gasteiger charge is 2.12. The molecule has 0 N–H and O–H groups in total. The lowest BCUT2D eigenvalue weighted by Crippen LogP contribution is -2.33. The predicted octanol–water partition coefficient (Wildman–Crippen LogP) is 0.825. The molecule has 94 valence electrons. The second-order valence-corrected chi connectivity index (χ2v) is 3.25. The first-order valence-corrected chi connectivity index (χ1v) is 5.58. The Morgan fingerprint density at radius 3 is 2.38 bits per heavy atom. The molecular formula is C11H21NO4. The van der Waals surface area contributed by atoms with E-state index in [0.29, 0.717) is 32.7 Å². The van der Waals surface area contributed by atoms with Gasteiger partial charge in [0.15, 0.2) is 0 Å². The predicted molar refractivity (Wildman–Crippen MR) is 60.0 cm³/mol. The van der Waals surface area contributed by atoms with Crippen LogP contribution >= 0.6 is 0 Å². The molecular weight excluding hydrogens is 210 g/mol. The molecule has 0 saturated heterocycles. The lowest BCUT2D eigenvalue weighted by Gasteiger charge is -2.20. The van der Waals surface area contributed by atoms with Gasteiger partial charge in [0.05, 0.1) is 26.6 Å². The summed E-state index contributed by atoms with van der Waals surface area (Å²) in [6, 6.07) is 0. The molecule has 16 heavy (non-hydrogen) atoms. The lowest BCUT2D eigenvalue weighted by atomic mass is 10.3. The van der Waals surface area contributed by atoms with Gasteiger partial charge in [0.2, 0.25) is 5.91 Å². The maximum absolute atomic E-state index is 11.6. The maximum Gasteiger partial charge on any atom is 0.307 e. The van der Waals surface area contributed by atoms with Gasteiger partial charge in [-0.15, -0.1) is 0 Å². The Morgan fingerprint density at radius 1 is 1.19 bits per heavy atom. The number of esters is 1. The largest absolute Gasteiger partial charge is 0.469 e. The number of carbonyl (C=O) groups is 2. The first-order valence-electron chi connectivity index (χ1n) is 5.58. The molecule has 0 radical (unpaired) electrons. The Balaban J connectivity index is 3.87. The van der Waals surface area contributed by atoms with Crippen molar-refractivity contribution in [2.24, 2.45) is 0 Å². The minimum absolute atomic E-state index is 0.0138. The summed E-state index contributed by atoms with van der Waals surface area (Å²) in [5, 5.41) is 0. The Bertz CT molecular complexity index is 218. The van der Waals surface area contributed by atoms with Crippen molar-refractivity contribution in [3.05, 3.63) is 0 Å². The number of ether oxygens (including phenoxy) is 2. The average Bonchev–Trinajstić information content (AvgIpc) is 2.29. The van der Waals surface area contributed by atoms with Crippen molar-refractivity contribution in [1.82, 2.24) is 4.90 Å². The highest BCUT2D eigenvalue weighted by atomic mass is 16.5. The van der Waals surface area contributed by atoms with Crippen molar-refractivity contribution in [2.45, 2.75) is 26.7 Å². The highest BCUT2D eigenvalue weighted by Crippen LogP contribution is 1.98. The van der Waals surface area contributed by atoms with Crippen LogP contribution in [0.4, 0.5) is 0 Å². The molecule has 0 spiro atoms. The summed E-state index contributed by atoms with van der Waals surface area (Å²) in [4.78, 5) is 24.2. The number of rotatable bonds is 8. The van der Waals surface area contributed by atoms with E-state index in [1.807, 2.05) is 13.8 Å². The third-order valence-electron chi connectivity index (χ3n) is 2.21. The normalized spacial score (nSPS) is 9.94. The van der Waals surface area contributed by atoms with Crippen LogP contribution in [-0.2, 0) is 19.1 Å². The molecule has 0 heterocycles. The average molecular weight is 231 g/mol. The quantitative estimate of drug-likeness (QED) is 0.458. The van der Waals surface area contributed by atoms with Crippen LogP contribution in [0.2, 0.25) is 0 Å². The number of nitrogens with zero attached hydrogens (tertiary/aromatic N) is 1. The molecule has 0 aliphatic rings. The lowest BCUT2D eigenvalue weighted by molar-refractivity contribution is -0.141. The van der Waals surface area contributed by atoms with Crippen LogP contribution in [-0.4, -0.2) is 50.2 Å². The van der Waals surface area contributed by atoms with Crippen LogP contribution in [0.5, 0.6) is 0 Å². The molecule has 0 aromatic rings. The van der Waals surface area contributed by atoms with Crippen molar-refractivity contribution in [3.63, 3.8) is 0 Å². The molecule has 5 nitrogen and oxygen atoms in total. The van der Waals surface area contributed by atoms with Gasteiger partial charge in [-0.1, -0.05) is 0 Å². The SMILES string of the molecule is CCOCCC(=O)N(CC)CCC(=O)OC. The zero-order valence-corrected chi connectivity index (χ0v) is 10.3. The summed E-state index contributed by atoms with van der Waals surface area (Å²) in [5.41, 5.74) is 0. The van der Waals surface area contributed by atoms with Gasteiger partial charge >= 0.3 is 5.97 Å². The monoisotopic (exact) mass is 231 g/mol. The first-order chi connectivity index (χ1) is 7.65. The minimum Gasteiger partial charge on any atom is -0.469 e. The molecule has 0 fully saturated rings. The summed E-state index contributed by atoms with van der Waals surface area (Å²) < 4.78 is 9.63. The van der Waals surface area contributed by atoms with Crippen LogP contribution in [0.25, 0.3) is 0 Å². The van der Waals surface area contributed by atoms with Gasteiger partial charge in [0.1, 0.15) is 0 Å². The summed E-state index contributed by atoms with van der Waals surface area (Å²) in [6.07, 6.45) is 0.605. The second kappa shape index (κ2) is 9.15. The Kier molecular flexibility index (Phi) is 8.52. The zero-order valence-electron chi connectivity index (χ0n) is 10.3. The molecule has 0 aromatic carbocycles. The Hall–Kier alpha value is -1.10. The van der Waals surface area contributed by atoms with Crippen LogP contribution in [0.1, 0.15) is 26.7 Å². The molecule has 0 bridgehead atoms. The van der Waals surface area contributed by atoms with Crippen molar-refractivity contribution in [3.8, 4) is 0 Å². The van der Waals surface area contributed by atoms with Crippen LogP contribution < -0.4 is 0 Å². The van der Waals surface area contributed by atoms with Gasteiger partial charge in [0, 0.05) is 19.7 Å². The van der Waals surface area contributed by atoms with Crippen LogP contribution in [0, 0.1) is 0 Å². The molecule has 1 amide bonds. The Labute approximate surface area is 96.7 Å². The zero-order chi connectivity index (χ0) is 12.4. The van der Waals surface area contributed by atoms with E-state index in [4.69, 9.17) is 4.74 Å². The van der Waals surface area contributed by atoms with Gasteiger partial charge in [-0.2, -0.15) is 0 Å². The topological polar surface area (TPSA) is 55.8 Å². The molecule has 0 saturated carbocycles. The molecule has 0 aliphatic carbocycles. The second-order valence-electron chi connectivity index (χ2n) is 3.25. The molecule has 0 rings (SSSR count). The van der Waals surface area contributed by atoms with E-state index in [1.54, 1.807) is 4.90 Å². The number of hydrogen-bond acceptors (Lipinski definition) is 4. The molecule has 0 atom stereocenters. The van der Waals surface area contributed by atoms with Gasteiger partial charge in [-0.3, -0.25) is 9.59 Å². The standard InChI is InChI=1S/C11H21NO4/c1-4-12(8-6-11(14)15-3)10(13)7-9-16-5-2/h4-9H2,1-3H3. The van der Waals surface area contributed by atoms with Crippen LogP contribution in [0.15, 0.2) is 0 Å². The van der Waals surface area contributed by atoms with Gasteiger partial charge in [0.25, 0.3) is 0 Å². The van der Waals surface area contributed by atoms with Crippen molar-refractivity contribution in [2.75, 3.05) is 33.4 Å². The molecule has 0 unspecified atom stereocenters. The van der Waals surface area contributed by atoms with Crippen molar-refractivity contribution < 1.29 is 19.1 Å². The first kappa shape index (κ1) is 14.9. The summed E-state index contributed by atoms with van der Waals surface area (Å²) in [7, 11) is 1.34. The highest BCUT2D eigenvalue weighted by molar-refractivity contribution is 5.77.